The third-order valence-electron chi connectivity index (χ3n) is 2.32. The molecule has 104 valence electrons. The van der Waals surface area contributed by atoms with Crippen LogP contribution in [0.4, 0.5) is 0 Å². The van der Waals surface area contributed by atoms with Crippen LogP contribution in [0.3, 0.4) is 0 Å². The molecule has 1 aromatic heterocycles. The molecule has 6 nitrogen and oxygen atoms in total. The fourth-order valence-corrected chi connectivity index (χ4v) is 2.11. The van der Waals surface area contributed by atoms with Crippen molar-refractivity contribution in [2.24, 2.45) is 0 Å². The van der Waals surface area contributed by atoms with Gasteiger partial charge in [0.05, 0.1) is 6.54 Å². The Morgan fingerprint density at radius 1 is 1.30 bits per heavy atom. The van der Waals surface area contributed by atoms with Gasteiger partial charge < -0.3 is 15.2 Å². The van der Waals surface area contributed by atoms with Crippen molar-refractivity contribution in [1.29, 1.82) is 0 Å². The van der Waals surface area contributed by atoms with Crippen LogP contribution in [0.25, 0.3) is 0 Å². The molecule has 0 spiro atoms. The fraction of sp³-hybridized carbons (Fsp3) is 0.154. The average Bonchev–Trinajstić information content (AvgIpc) is 2.94. The Morgan fingerprint density at radius 3 is 2.70 bits per heavy atom. The third kappa shape index (κ3) is 3.79. The zero-order valence-corrected chi connectivity index (χ0v) is 11.2. The Hall–Kier alpha value is -2.41. The second kappa shape index (κ2) is 6.67. The number of aromatic carboxylic acids is 1. The van der Waals surface area contributed by atoms with Crippen molar-refractivity contribution < 1.29 is 19.4 Å². The summed E-state index contributed by atoms with van der Waals surface area (Å²) in [7, 11) is 0. The minimum Gasteiger partial charge on any atom is -0.492 e. The summed E-state index contributed by atoms with van der Waals surface area (Å²) >= 11 is 0.996. The summed E-state index contributed by atoms with van der Waals surface area (Å²) in [4.78, 5) is 26.0. The number of amides is 1. The van der Waals surface area contributed by atoms with Gasteiger partial charge in [-0.3, -0.25) is 4.79 Å². The first kappa shape index (κ1) is 14.0. The lowest BCUT2D eigenvalue weighted by atomic mass is 10.3. The van der Waals surface area contributed by atoms with Crippen LogP contribution in [0, 0.1) is 0 Å². The lowest BCUT2D eigenvalue weighted by molar-refractivity contribution is 0.0691. The Balaban J connectivity index is 1.76. The van der Waals surface area contributed by atoms with E-state index in [9.17, 15) is 9.59 Å². The molecule has 0 bridgehead atoms. The zero-order valence-electron chi connectivity index (χ0n) is 10.4. The number of benzene rings is 1. The molecule has 0 aliphatic heterocycles. The molecule has 2 aromatic rings. The molecule has 1 amide bonds. The van der Waals surface area contributed by atoms with Crippen LogP contribution >= 0.6 is 11.3 Å². The number of carboxylic acids is 1. The number of nitrogens with zero attached hydrogens (tertiary/aromatic N) is 1. The highest BCUT2D eigenvalue weighted by Crippen LogP contribution is 2.10. The van der Waals surface area contributed by atoms with Gasteiger partial charge >= 0.3 is 5.97 Å². The highest BCUT2D eigenvalue weighted by atomic mass is 32.1. The van der Waals surface area contributed by atoms with Crippen molar-refractivity contribution in [3.8, 4) is 5.75 Å². The molecule has 20 heavy (non-hydrogen) atoms. The minimum atomic E-state index is -1.15. The smallest absolute Gasteiger partial charge is 0.355 e. The van der Waals surface area contributed by atoms with E-state index in [-0.39, 0.29) is 10.7 Å². The zero-order chi connectivity index (χ0) is 14.4. The van der Waals surface area contributed by atoms with Crippen LogP contribution in [0.2, 0.25) is 0 Å². The molecule has 0 atom stereocenters. The topological polar surface area (TPSA) is 88.5 Å². The van der Waals surface area contributed by atoms with Gasteiger partial charge in [0.1, 0.15) is 12.4 Å². The summed E-state index contributed by atoms with van der Waals surface area (Å²) in [5.74, 6) is -0.823. The molecule has 0 fully saturated rings. The monoisotopic (exact) mass is 292 g/mol. The van der Waals surface area contributed by atoms with Gasteiger partial charge in [0.2, 0.25) is 0 Å². The summed E-state index contributed by atoms with van der Waals surface area (Å²) in [5.41, 5.74) is -0.124. The predicted octanol–water partition coefficient (Wildman–Crippen LogP) is 1.65. The van der Waals surface area contributed by atoms with Gasteiger partial charge in [0, 0.05) is 5.38 Å². The van der Waals surface area contributed by atoms with Gasteiger partial charge in [0.15, 0.2) is 10.7 Å². The number of rotatable bonds is 6. The molecule has 0 aliphatic rings. The van der Waals surface area contributed by atoms with E-state index in [2.05, 4.69) is 10.3 Å². The number of carbonyl (C=O) groups is 2. The van der Waals surface area contributed by atoms with Crippen LogP contribution in [0.1, 0.15) is 20.3 Å². The lowest BCUT2D eigenvalue weighted by Crippen LogP contribution is -2.28. The van der Waals surface area contributed by atoms with E-state index in [1.54, 1.807) is 0 Å². The van der Waals surface area contributed by atoms with Crippen molar-refractivity contribution in [3.63, 3.8) is 0 Å². The maximum atomic E-state index is 11.7. The Kier molecular flexibility index (Phi) is 4.67. The van der Waals surface area contributed by atoms with Crippen molar-refractivity contribution >= 4 is 23.2 Å². The van der Waals surface area contributed by atoms with Gasteiger partial charge in [-0.05, 0) is 12.1 Å². The van der Waals surface area contributed by atoms with Crippen molar-refractivity contribution in [2.75, 3.05) is 13.2 Å². The summed E-state index contributed by atoms with van der Waals surface area (Å²) in [6, 6.07) is 9.24. The molecule has 2 rings (SSSR count). The van der Waals surface area contributed by atoms with Crippen molar-refractivity contribution in [3.05, 3.63) is 46.4 Å². The summed E-state index contributed by atoms with van der Waals surface area (Å²) in [6.07, 6.45) is 0. The van der Waals surface area contributed by atoms with E-state index in [1.807, 2.05) is 30.3 Å². The highest BCUT2D eigenvalue weighted by Gasteiger charge is 2.14. The Labute approximate surface area is 119 Å². The summed E-state index contributed by atoms with van der Waals surface area (Å²) < 4.78 is 5.41. The van der Waals surface area contributed by atoms with E-state index in [1.165, 1.54) is 5.38 Å². The first-order valence-electron chi connectivity index (χ1n) is 5.81. The number of carboxylic acid groups (broad SMARTS) is 1. The maximum Gasteiger partial charge on any atom is 0.355 e. The highest BCUT2D eigenvalue weighted by molar-refractivity contribution is 7.11. The third-order valence-corrected chi connectivity index (χ3v) is 3.16. The minimum absolute atomic E-state index is 0.124. The maximum absolute atomic E-state index is 11.7. The van der Waals surface area contributed by atoms with Crippen LogP contribution in [0.15, 0.2) is 35.7 Å². The lowest BCUT2D eigenvalue weighted by Gasteiger charge is -2.06. The first-order chi connectivity index (χ1) is 9.66. The van der Waals surface area contributed by atoms with Crippen LogP contribution in [-0.2, 0) is 0 Å². The number of para-hydroxylation sites is 1. The van der Waals surface area contributed by atoms with E-state index in [0.717, 1.165) is 17.1 Å². The van der Waals surface area contributed by atoms with Gasteiger partial charge in [0.25, 0.3) is 5.91 Å². The normalized spacial score (nSPS) is 10.0. The molecule has 0 aliphatic carbocycles. The number of carbonyl (C=O) groups excluding carboxylic acids is 1. The molecule has 0 unspecified atom stereocenters. The van der Waals surface area contributed by atoms with Crippen molar-refractivity contribution in [2.45, 2.75) is 0 Å². The Morgan fingerprint density at radius 2 is 2.05 bits per heavy atom. The molecule has 1 aromatic carbocycles. The van der Waals surface area contributed by atoms with E-state index in [0.29, 0.717) is 13.2 Å². The number of nitrogens with one attached hydrogen (secondary N) is 1. The fourth-order valence-electron chi connectivity index (χ4n) is 1.40. The standard InChI is InChI=1S/C13H12N2O4S/c16-11(12-15-10(8-20-12)13(17)18)14-6-7-19-9-4-2-1-3-5-9/h1-5,8H,6-7H2,(H,14,16)(H,17,18). The quantitative estimate of drug-likeness (QED) is 0.790. The molecule has 0 saturated carbocycles. The summed E-state index contributed by atoms with van der Waals surface area (Å²) in [6.45, 7) is 0.641. The first-order valence-corrected chi connectivity index (χ1v) is 6.69. The molecule has 2 N–H and O–H groups in total. The van der Waals surface area contributed by atoms with Gasteiger partial charge in [-0.2, -0.15) is 0 Å². The molecule has 1 heterocycles. The predicted molar refractivity (Wildman–Crippen MR) is 73.3 cm³/mol. The summed E-state index contributed by atoms with van der Waals surface area (Å²) in [5, 5.41) is 12.8. The van der Waals surface area contributed by atoms with Crippen LogP contribution in [-0.4, -0.2) is 35.1 Å². The van der Waals surface area contributed by atoms with Crippen molar-refractivity contribution in [1.82, 2.24) is 10.3 Å². The molecule has 0 radical (unpaired) electrons. The second-order valence-electron chi connectivity index (χ2n) is 3.76. The van der Waals surface area contributed by atoms with Gasteiger partial charge in [-0.25, -0.2) is 9.78 Å². The molecular formula is C13H12N2O4S. The molecule has 0 saturated heterocycles. The largest absolute Gasteiger partial charge is 0.492 e. The van der Waals surface area contributed by atoms with Crippen LogP contribution < -0.4 is 10.1 Å². The number of ether oxygens (including phenoxy) is 1. The van der Waals surface area contributed by atoms with E-state index in [4.69, 9.17) is 9.84 Å². The average molecular weight is 292 g/mol. The van der Waals surface area contributed by atoms with E-state index < -0.39 is 11.9 Å². The van der Waals surface area contributed by atoms with Gasteiger partial charge in [-0.15, -0.1) is 11.3 Å². The number of hydrogen-bond donors (Lipinski definition) is 2. The molecule has 7 heteroatoms. The Bertz CT molecular complexity index is 597. The van der Waals surface area contributed by atoms with E-state index >= 15 is 0 Å². The van der Waals surface area contributed by atoms with Crippen LogP contribution in [0.5, 0.6) is 5.75 Å². The number of thiazole rings is 1. The second-order valence-corrected chi connectivity index (χ2v) is 4.62. The molecular weight excluding hydrogens is 280 g/mol. The number of aromatic nitrogens is 1. The number of hydrogen-bond acceptors (Lipinski definition) is 5. The SMILES string of the molecule is O=C(O)c1csc(C(=O)NCCOc2ccccc2)n1. The van der Waals surface area contributed by atoms with Gasteiger partial charge in [-0.1, -0.05) is 18.2 Å².